The van der Waals surface area contributed by atoms with Crippen LogP contribution in [0.3, 0.4) is 0 Å². The molecule has 0 unspecified atom stereocenters. The fourth-order valence-electron chi connectivity index (χ4n) is 2.05. The van der Waals surface area contributed by atoms with Gasteiger partial charge in [0.05, 0.1) is 12.7 Å². The van der Waals surface area contributed by atoms with E-state index in [-0.39, 0.29) is 24.1 Å². The fourth-order valence-corrected chi connectivity index (χ4v) is 2.45. The Kier molecular flexibility index (Phi) is 5.00. The topological polar surface area (TPSA) is 29.5 Å². The van der Waals surface area contributed by atoms with Gasteiger partial charge in [0.25, 0.3) is 0 Å². The van der Waals surface area contributed by atoms with Gasteiger partial charge in [0.1, 0.15) is 5.75 Å². The van der Waals surface area contributed by atoms with E-state index in [1.807, 2.05) is 30.3 Å². The van der Waals surface area contributed by atoms with Crippen LogP contribution in [0.5, 0.6) is 5.75 Å². The molecule has 1 N–H and O–H groups in total. The summed E-state index contributed by atoms with van der Waals surface area (Å²) >= 11 is -0.115. The molecular weight excluding hydrogens is 301 g/mol. The van der Waals surface area contributed by atoms with Gasteiger partial charge in [0, 0.05) is 16.7 Å². The van der Waals surface area contributed by atoms with Crippen LogP contribution < -0.4 is 4.74 Å². The zero-order valence-corrected chi connectivity index (χ0v) is 12.2. The van der Waals surface area contributed by atoms with Crippen molar-refractivity contribution in [3.63, 3.8) is 0 Å². The number of hydrogen-bond acceptors (Lipinski definition) is 3. The van der Waals surface area contributed by atoms with Crippen LogP contribution in [0.25, 0.3) is 10.8 Å². The largest absolute Gasteiger partial charge is 0.492 e. The number of alkyl halides is 3. The first-order valence-electron chi connectivity index (χ1n) is 6.41. The highest BCUT2D eigenvalue weighted by atomic mass is 32.2. The number of fused-ring (bicyclic) bond motifs is 1. The van der Waals surface area contributed by atoms with E-state index < -0.39 is 11.6 Å². The van der Waals surface area contributed by atoms with Crippen molar-refractivity contribution in [3.8, 4) is 5.75 Å². The Bertz CT molecular complexity index is 611. The molecule has 0 aliphatic rings. The number of ether oxygens (including phenoxy) is 1. The minimum absolute atomic E-state index is 0.0715. The second-order valence-electron chi connectivity index (χ2n) is 4.52. The maximum absolute atomic E-state index is 12.1. The molecule has 0 aromatic heterocycles. The van der Waals surface area contributed by atoms with E-state index in [1.165, 1.54) is 0 Å². The molecule has 0 saturated carbocycles. The lowest BCUT2D eigenvalue weighted by atomic mass is 10.0. The molecule has 2 rings (SSSR count). The van der Waals surface area contributed by atoms with Crippen molar-refractivity contribution in [2.75, 3.05) is 12.4 Å². The predicted molar refractivity (Wildman–Crippen MR) is 78.6 cm³/mol. The average Bonchev–Trinajstić information content (AvgIpc) is 2.42. The zero-order chi connectivity index (χ0) is 15.5. The lowest BCUT2D eigenvalue weighted by Crippen LogP contribution is -2.09. The van der Waals surface area contributed by atoms with Crippen LogP contribution in [0.2, 0.25) is 0 Å². The van der Waals surface area contributed by atoms with E-state index in [0.717, 1.165) is 10.8 Å². The summed E-state index contributed by atoms with van der Waals surface area (Å²) in [6, 6.07) is 11.0. The smallest absolute Gasteiger partial charge is 0.441 e. The molecule has 114 valence electrons. The van der Waals surface area contributed by atoms with Crippen molar-refractivity contribution in [2.24, 2.45) is 0 Å². The summed E-state index contributed by atoms with van der Waals surface area (Å²) in [6.07, 6.45) is -0.750. The van der Waals surface area contributed by atoms with E-state index in [1.54, 1.807) is 13.0 Å². The normalized spacial score (nSPS) is 13.4. The Morgan fingerprint density at radius 3 is 2.57 bits per heavy atom. The Morgan fingerprint density at radius 1 is 1.19 bits per heavy atom. The molecular formula is C15H15F3O2S. The highest BCUT2D eigenvalue weighted by Crippen LogP contribution is 2.34. The number of hydrogen-bond donors (Lipinski definition) is 1. The number of thioether (sulfide) groups is 1. The molecule has 2 aromatic carbocycles. The van der Waals surface area contributed by atoms with Crippen molar-refractivity contribution in [3.05, 3.63) is 42.0 Å². The summed E-state index contributed by atoms with van der Waals surface area (Å²) in [5.74, 6) is 0.261. The average molecular weight is 316 g/mol. The lowest BCUT2D eigenvalue weighted by molar-refractivity contribution is -0.0329. The van der Waals surface area contributed by atoms with Gasteiger partial charge >= 0.3 is 5.51 Å². The molecule has 0 aliphatic carbocycles. The third-order valence-electron chi connectivity index (χ3n) is 2.96. The molecule has 0 fully saturated rings. The highest BCUT2D eigenvalue weighted by Gasteiger charge is 2.27. The molecule has 0 bridgehead atoms. The van der Waals surface area contributed by atoms with Crippen LogP contribution in [0.4, 0.5) is 13.2 Å². The molecule has 2 nitrogen and oxygen atoms in total. The van der Waals surface area contributed by atoms with Crippen molar-refractivity contribution in [2.45, 2.75) is 18.5 Å². The second-order valence-corrected chi connectivity index (χ2v) is 5.68. The Hall–Kier alpha value is -1.40. The van der Waals surface area contributed by atoms with Crippen molar-refractivity contribution < 1.29 is 23.0 Å². The van der Waals surface area contributed by atoms with Gasteiger partial charge < -0.3 is 9.84 Å². The minimum Gasteiger partial charge on any atom is -0.492 e. The SMILES string of the molecule is C[C@H](O)c1ccc2ccccc2c1OCCSC(F)(F)F. The molecule has 1 atom stereocenters. The van der Waals surface area contributed by atoms with E-state index in [0.29, 0.717) is 11.3 Å². The number of aliphatic hydroxyl groups is 1. The Morgan fingerprint density at radius 2 is 1.90 bits per heavy atom. The summed E-state index contributed by atoms with van der Waals surface area (Å²) in [5.41, 5.74) is -3.68. The van der Waals surface area contributed by atoms with Crippen molar-refractivity contribution >= 4 is 22.5 Å². The van der Waals surface area contributed by atoms with E-state index >= 15 is 0 Å². The highest BCUT2D eigenvalue weighted by molar-refractivity contribution is 8.00. The quantitative estimate of drug-likeness (QED) is 0.822. The van der Waals surface area contributed by atoms with Gasteiger partial charge in [-0.15, -0.1) is 0 Å². The van der Waals surface area contributed by atoms with Crippen LogP contribution in [-0.2, 0) is 0 Å². The second kappa shape index (κ2) is 6.58. The first kappa shape index (κ1) is 16.0. The number of rotatable bonds is 5. The van der Waals surface area contributed by atoms with Gasteiger partial charge in [0.2, 0.25) is 0 Å². The van der Waals surface area contributed by atoms with Crippen LogP contribution >= 0.6 is 11.8 Å². The van der Waals surface area contributed by atoms with Crippen molar-refractivity contribution in [1.82, 2.24) is 0 Å². The van der Waals surface area contributed by atoms with E-state index in [2.05, 4.69) is 0 Å². The van der Waals surface area contributed by atoms with Gasteiger partial charge in [-0.25, -0.2) is 0 Å². The molecule has 0 radical (unpaired) electrons. The zero-order valence-electron chi connectivity index (χ0n) is 11.4. The summed E-state index contributed by atoms with van der Waals surface area (Å²) < 4.78 is 41.9. The molecule has 0 aliphatic heterocycles. The monoisotopic (exact) mass is 316 g/mol. The third kappa shape index (κ3) is 4.28. The van der Waals surface area contributed by atoms with E-state index in [4.69, 9.17) is 4.74 Å². The van der Waals surface area contributed by atoms with Gasteiger partial charge in [-0.2, -0.15) is 13.2 Å². The van der Waals surface area contributed by atoms with Crippen LogP contribution in [0.15, 0.2) is 36.4 Å². The Labute approximate surface area is 124 Å². The molecule has 0 saturated heterocycles. The molecule has 2 aromatic rings. The predicted octanol–water partition coefficient (Wildman–Crippen LogP) is 4.52. The molecule has 21 heavy (non-hydrogen) atoms. The van der Waals surface area contributed by atoms with Crippen LogP contribution in [0.1, 0.15) is 18.6 Å². The molecule has 0 amide bonds. The first-order chi connectivity index (χ1) is 9.88. The van der Waals surface area contributed by atoms with Crippen LogP contribution in [0, 0.1) is 0 Å². The first-order valence-corrected chi connectivity index (χ1v) is 7.40. The molecule has 6 heteroatoms. The maximum Gasteiger partial charge on any atom is 0.441 e. The molecule has 0 spiro atoms. The van der Waals surface area contributed by atoms with Gasteiger partial charge in [-0.05, 0) is 24.1 Å². The summed E-state index contributed by atoms with van der Waals surface area (Å²) in [5, 5.41) is 11.5. The van der Waals surface area contributed by atoms with Gasteiger partial charge in [-0.1, -0.05) is 36.4 Å². The molecule has 0 heterocycles. The van der Waals surface area contributed by atoms with Crippen molar-refractivity contribution in [1.29, 1.82) is 0 Å². The third-order valence-corrected chi connectivity index (χ3v) is 3.65. The van der Waals surface area contributed by atoms with E-state index in [9.17, 15) is 18.3 Å². The fraction of sp³-hybridized carbons (Fsp3) is 0.333. The van der Waals surface area contributed by atoms with Crippen LogP contribution in [-0.4, -0.2) is 23.0 Å². The standard InChI is InChI=1S/C15H15F3O2S/c1-10(19)12-7-6-11-4-2-3-5-13(11)14(12)20-8-9-21-15(16,17)18/h2-7,10,19H,8-9H2,1H3/t10-/m0/s1. The maximum atomic E-state index is 12.1. The van der Waals surface area contributed by atoms with Gasteiger partial charge in [-0.3, -0.25) is 0 Å². The lowest BCUT2D eigenvalue weighted by Gasteiger charge is -2.16. The Balaban J connectivity index is 2.21. The minimum atomic E-state index is -4.25. The van der Waals surface area contributed by atoms with Gasteiger partial charge in [0.15, 0.2) is 0 Å². The summed E-state index contributed by atoms with van der Waals surface area (Å²) in [7, 11) is 0. The summed E-state index contributed by atoms with van der Waals surface area (Å²) in [6.45, 7) is 1.53. The number of halogens is 3. The number of benzene rings is 2. The number of aliphatic hydroxyl groups excluding tert-OH is 1. The summed E-state index contributed by atoms with van der Waals surface area (Å²) in [4.78, 5) is 0.